The van der Waals surface area contributed by atoms with Crippen molar-refractivity contribution in [3.05, 3.63) is 75.0 Å². The Bertz CT molecular complexity index is 1380. The molecule has 2 aliphatic heterocycles. The topological polar surface area (TPSA) is 85.2 Å². The first-order valence-electron chi connectivity index (χ1n) is 11.8. The zero-order chi connectivity index (χ0) is 25.1. The van der Waals surface area contributed by atoms with E-state index < -0.39 is 0 Å². The van der Waals surface area contributed by atoms with Crippen molar-refractivity contribution >= 4 is 51.7 Å². The molecule has 0 bridgehead atoms. The Balaban J connectivity index is 1.40. The fourth-order valence-corrected chi connectivity index (χ4v) is 5.53. The number of amides is 1. The van der Waals surface area contributed by atoms with E-state index in [1.807, 2.05) is 30.3 Å². The molecule has 2 aliphatic rings. The number of hydrogen-bond donors (Lipinski definition) is 1. The maximum atomic E-state index is 13.4. The number of thiocarbonyl (C=S) groups is 1. The van der Waals surface area contributed by atoms with E-state index in [1.54, 1.807) is 36.4 Å². The van der Waals surface area contributed by atoms with Gasteiger partial charge in [0.15, 0.2) is 0 Å². The van der Waals surface area contributed by atoms with Crippen molar-refractivity contribution in [1.29, 1.82) is 0 Å². The number of rotatable bonds is 8. The minimum absolute atomic E-state index is 0.0741. The predicted molar refractivity (Wildman–Crippen MR) is 146 cm³/mol. The molecule has 0 saturated carbocycles. The monoisotopic (exact) mass is 522 g/mol. The summed E-state index contributed by atoms with van der Waals surface area (Å²) in [5.41, 5.74) is 1.68. The van der Waals surface area contributed by atoms with Gasteiger partial charge in [-0.3, -0.25) is 18.9 Å². The summed E-state index contributed by atoms with van der Waals surface area (Å²) < 4.78 is 12.9. The van der Waals surface area contributed by atoms with Gasteiger partial charge in [0.05, 0.1) is 23.7 Å². The van der Waals surface area contributed by atoms with E-state index in [0.717, 1.165) is 30.8 Å². The molecular formula is C26H26N4O4S2. The first-order valence-corrected chi connectivity index (χ1v) is 13.0. The third-order valence-corrected chi connectivity index (χ3v) is 7.60. The molecule has 2 aromatic heterocycles. The highest BCUT2D eigenvalue weighted by atomic mass is 32.2. The lowest BCUT2D eigenvalue weighted by Crippen LogP contribution is -2.30. The summed E-state index contributed by atoms with van der Waals surface area (Å²) in [5.74, 6) is 1.01. The highest BCUT2D eigenvalue weighted by Crippen LogP contribution is 2.33. The summed E-state index contributed by atoms with van der Waals surface area (Å²) in [6, 6.07) is 13.1. The van der Waals surface area contributed by atoms with E-state index >= 15 is 0 Å². The maximum Gasteiger partial charge on any atom is 0.267 e. The van der Waals surface area contributed by atoms with Crippen molar-refractivity contribution < 1.29 is 14.3 Å². The molecule has 3 aromatic rings. The number of carbonyl (C=O) groups excluding carboxylic acids is 1. The van der Waals surface area contributed by atoms with Gasteiger partial charge in [0, 0.05) is 25.9 Å². The summed E-state index contributed by atoms with van der Waals surface area (Å²) >= 11 is 6.71. The van der Waals surface area contributed by atoms with Crippen LogP contribution in [0.15, 0.2) is 58.4 Å². The van der Waals surface area contributed by atoms with Crippen LogP contribution in [0.1, 0.15) is 24.0 Å². The Labute approximate surface area is 218 Å². The number of methoxy groups -OCH3 is 1. The predicted octanol–water partition coefficient (Wildman–Crippen LogP) is 3.74. The molecule has 4 heterocycles. The zero-order valence-corrected chi connectivity index (χ0v) is 21.4. The molecule has 0 radical (unpaired) electrons. The Kier molecular flexibility index (Phi) is 7.35. The SMILES string of the molecule is COc1ccc(CCN2C(=O)/C(=C/c3c(NC[C@H]4CCCO4)nc4ccccn4c3=O)SC2=S)cc1. The van der Waals surface area contributed by atoms with Crippen molar-refractivity contribution in [3.8, 4) is 5.75 Å². The van der Waals surface area contributed by atoms with Gasteiger partial charge in [0.2, 0.25) is 0 Å². The number of nitrogens with one attached hydrogen (secondary N) is 1. The minimum atomic E-state index is -0.251. The quantitative estimate of drug-likeness (QED) is 0.354. The van der Waals surface area contributed by atoms with Gasteiger partial charge in [0.25, 0.3) is 11.5 Å². The number of hydrogen-bond acceptors (Lipinski definition) is 8. The molecule has 2 fully saturated rings. The molecule has 0 aliphatic carbocycles. The van der Waals surface area contributed by atoms with Gasteiger partial charge >= 0.3 is 0 Å². The number of aromatic nitrogens is 2. The van der Waals surface area contributed by atoms with Gasteiger partial charge in [0.1, 0.15) is 21.5 Å². The second kappa shape index (κ2) is 10.8. The van der Waals surface area contributed by atoms with Crippen LogP contribution in [0.4, 0.5) is 5.82 Å². The molecule has 1 aromatic carbocycles. The Hall–Kier alpha value is -3.21. The minimum Gasteiger partial charge on any atom is -0.497 e. The first-order chi connectivity index (χ1) is 17.5. The van der Waals surface area contributed by atoms with Crippen LogP contribution >= 0.6 is 24.0 Å². The van der Waals surface area contributed by atoms with Gasteiger partial charge in [-0.1, -0.05) is 42.2 Å². The third-order valence-electron chi connectivity index (χ3n) is 6.22. The maximum absolute atomic E-state index is 13.4. The highest BCUT2D eigenvalue weighted by Gasteiger charge is 2.32. The van der Waals surface area contributed by atoms with Gasteiger partial charge in [-0.05, 0) is 55.2 Å². The van der Waals surface area contributed by atoms with E-state index in [4.69, 9.17) is 21.7 Å². The second-order valence-corrected chi connectivity index (χ2v) is 10.2. The molecule has 186 valence electrons. The zero-order valence-electron chi connectivity index (χ0n) is 19.8. The van der Waals surface area contributed by atoms with Gasteiger partial charge in [-0.25, -0.2) is 4.98 Å². The molecule has 1 atom stereocenters. The average Bonchev–Trinajstić information content (AvgIpc) is 3.51. The molecule has 5 rings (SSSR count). The molecular weight excluding hydrogens is 496 g/mol. The molecule has 36 heavy (non-hydrogen) atoms. The largest absolute Gasteiger partial charge is 0.497 e. The van der Waals surface area contributed by atoms with E-state index in [9.17, 15) is 9.59 Å². The average molecular weight is 523 g/mol. The van der Waals surface area contributed by atoms with Crippen molar-refractivity contribution in [2.24, 2.45) is 0 Å². The van der Waals surface area contributed by atoms with Crippen LogP contribution < -0.4 is 15.6 Å². The van der Waals surface area contributed by atoms with Gasteiger partial charge in [-0.2, -0.15) is 0 Å². The normalized spacial score (nSPS) is 19.0. The van der Waals surface area contributed by atoms with Crippen molar-refractivity contribution in [2.45, 2.75) is 25.4 Å². The van der Waals surface area contributed by atoms with Crippen LogP contribution in [0, 0.1) is 0 Å². The van der Waals surface area contributed by atoms with Crippen LogP contribution in [0.2, 0.25) is 0 Å². The summed E-state index contributed by atoms with van der Waals surface area (Å²) in [6.45, 7) is 1.73. The lowest BCUT2D eigenvalue weighted by molar-refractivity contribution is -0.122. The van der Waals surface area contributed by atoms with Crippen LogP contribution in [0.25, 0.3) is 11.7 Å². The number of nitrogens with zero attached hydrogens (tertiary/aromatic N) is 3. The summed E-state index contributed by atoms with van der Waals surface area (Å²) in [5, 5.41) is 3.28. The number of ether oxygens (including phenoxy) is 2. The van der Waals surface area contributed by atoms with Crippen molar-refractivity contribution in [2.75, 3.05) is 32.1 Å². The van der Waals surface area contributed by atoms with E-state index in [1.165, 1.54) is 16.2 Å². The molecule has 1 amide bonds. The summed E-state index contributed by atoms with van der Waals surface area (Å²) in [7, 11) is 1.63. The first kappa shape index (κ1) is 24.5. The molecule has 1 N–H and O–H groups in total. The lowest BCUT2D eigenvalue weighted by atomic mass is 10.1. The van der Waals surface area contributed by atoms with Crippen LogP contribution in [-0.4, -0.2) is 57.4 Å². The van der Waals surface area contributed by atoms with Gasteiger partial charge in [-0.15, -0.1) is 0 Å². The number of carbonyl (C=O) groups is 1. The molecule has 10 heteroatoms. The number of pyridine rings is 1. The van der Waals surface area contributed by atoms with Crippen LogP contribution in [0.3, 0.4) is 0 Å². The molecule has 8 nitrogen and oxygen atoms in total. The fourth-order valence-electron chi connectivity index (χ4n) is 4.24. The smallest absolute Gasteiger partial charge is 0.267 e. The van der Waals surface area contributed by atoms with Crippen LogP contribution in [0.5, 0.6) is 5.75 Å². The van der Waals surface area contributed by atoms with E-state index in [-0.39, 0.29) is 17.6 Å². The Morgan fingerprint density at radius 1 is 1.25 bits per heavy atom. The summed E-state index contributed by atoms with van der Waals surface area (Å²) in [4.78, 5) is 33.3. The van der Waals surface area contributed by atoms with E-state index in [0.29, 0.717) is 45.8 Å². The summed E-state index contributed by atoms with van der Waals surface area (Å²) in [6.07, 6.45) is 5.99. The van der Waals surface area contributed by atoms with Gasteiger partial charge < -0.3 is 14.8 Å². The van der Waals surface area contributed by atoms with Crippen LogP contribution in [-0.2, 0) is 16.0 Å². The number of anilines is 1. The standard InChI is InChI=1S/C26H26N4O4S2/c1-33-18-9-7-17(8-10-18)11-13-30-25(32)21(36-26(30)35)15-20-23(27-16-19-5-4-14-34-19)28-22-6-2-3-12-29(22)24(20)31/h2-3,6-10,12,15,19,27H,4-5,11,13-14,16H2,1H3/b21-15-/t19-/m1/s1. The van der Waals surface area contributed by atoms with Crippen molar-refractivity contribution in [1.82, 2.24) is 14.3 Å². The van der Waals surface area contributed by atoms with Crippen molar-refractivity contribution in [3.63, 3.8) is 0 Å². The fraction of sp³-hybridized carbons (Fsp3) is 0.308. The van der Waals surface area contributed by atoms with E-state index in [2.05, 4.69) is 10.3 Å². The number of benzene rings is 1. The second-order valence-electron chi connectivity index (χ2n) is 8.56. The molecule has 2 saturated heterocycles. The number of thioether (sulfide) groups is 1. The lowest BCUT2D eigenvalue weighted by Gasteiger charge is -2.15. The molecule has 0 unspecified atom stereocenters. The molecule has 0 spiro atoms. The third kappa shape index (κ3) is 5.16. The Morgan fingerprint density at radius 3 is 2.83 bits per heavy atom. The number of fused-ring (bicyclic) bond motifs is 1. The highest BCUT2D eigenvalue weighted by molar-refractivity contribution is 8.26. The Morgan fingerprint density at radius 2 is 2.08 bits per heavy atom.